The lowest BCUT2D eigenvalue weighted by Gasteiger charge is -2.18. The molecule has 1 aromatic carbocycles. The van der Waals surface area contributed by atoms with Crippen LogP contribution in [-0.2, 0) is 17.9 Å². The third kappa shape index (κ3) is 3.57. The van der Waals surface area contributed by atoms with Gasteiger partial charge in [-0.25, -0.2) is 0 Å². The molecule has 0 atom stereocenters. The molecule has 6 heteroatoms. The van der Waals surface area contributed by atoms with Crippen molar-refractivity contribution in [2.45, 2.75) is 13.1 Å². The van der Waals surface area contributed by atoms with Crippen LogP contribution in [0.25, 0.3) is 0 Å². The third-order valence-corrected chi connectivity index (χ3v) is 3.52. The summed E-state index contributed by atoms with van der Waals surface area (Å²) in [5.41, 5.74) is 7.18. The molecule has 0 radical (unpaired) electrons. The Bertz CT molecular complexity index is 582. The average Bonchev–Trinajstić information content (AvgIpc) is 2.77. The molecule has 2 N–H and O–H groups in total. The molecule has 1 heterocycles. The number of benzene rings is 1. The first-order chi connectivity index (χ1) is 9.06. The van der Waals surface area contributed by atoms with E-state index in [1.54, 1.807) is 18.1 Å². The smallest absolute Gasteiger partial charge is 0.244 e. The maximum atomic E-state index is 12.0. The highest BCUT2D eigenvalue weighted by atomic mass is 79.9. The first kappa shape index (κ1) is 13.6. The van der Waals surface area contributed by atoms with Gasteiger partial charge in [-0.2, -0.15) is 5.10 Å². The lowest BCUT2D eigenvalue weighted by atomic mass is 10.2. The Kier molecular flexibility index (Phi) is 4.21. The minimum atomic E-state index is -0.0150. The van der Waals surface area contributed by atoms with Crippen LogP contribution in [0.3, 0.4) is 0 Å². The standard InChI is InChI=1S/C13H15BrN4O/c1-17(7-10-4-2-3-5-12(10)14)13(19)9-18-8-11(15)6-16-18/h2-6,8H,7,9,15H2,1H3. The molecule has 0 saturated carbocycles. The molecule has 0 bridgehead atoms. The zero-order valence-electron chi connectivity index (χ0n) is 10.6. The van der Waals surface area contributed by atoms with Crippen molar-refractivity contribution < 1.29 is 4.79 Å². The van der Waals surface area contributed by atoms with E-state index in [1.807, 2.05) is 24.3 Å². The Hall–Kier alpha value is -1.82. The summed E-state index contributed by atoms with van der Waals surface area (Å²) < 4.78 is 2.53. The third-order valence-electron chi connectivity index (χ3n) is 2.74. The number of carbonyl (C=O) groups excluding carboxylic acids is 1. The minimum absolute atomic E-state index is 0.0150. The number of carbonyl (C=O) groups is 1. The van der Waals surface area contributed by atoms with Gasteiger partial charge in [0.15, 0.2) is 0 Å². The molecule has 0 saturated heterocycles. The molecule has 19 heavy (non-hydrogen) atoms. The highest BCUT2D eigenvalue weighted by Crippen LogP contribution is 2.17. The molecule has 1 amide bonds. The molecule has 0 aliphatic carbocycles. The predicted octanol–water partition coefficient (Wildman–Crippen LogP) is 1.89. The van der Waals surface area contributed by atoms with Gasteiger partial charge in [0.1, 0.15) is 6.54 Å². The van der Waals surface area contributed by atoms with Crippen molar-refractivity contribution >= 4 is 27.5 Å². The van der Waals surface area contributed by atoms with Gasteiger partial charge in [0.2, 0.25) is 5.91 Å². The number of hydrogen-bond acceptors (Lipinski definition) is 3. The summed E-state index contributed by atoms with van der Waals surface area (Å²) in [5, 5.41) is 4.00. The van der Waals surface area contributed by atoms with Gasteiger partial charge in [0.05, 0.1) is 11.9 Å². The number of aromatic nitrogens is 2. The van der Waals surface area contributed by atoms with Crippen molar-refractivity contribution in [3.63, 3.8) is 0 Å². The van der Waals surface area contributed by atoms with E-state index in [0.29, 0.717) is 12.2 Å². The summed E-state index contributed by atoms with van der Waals surface area (Å²) in [6.45, 7) is 0.745. The monoisotopic (exact) mass is 322 g/mol. The van der Waals surface area contributed by atoms with Crippen LogP contribution in [0.5, 0.6) is 0 Å². The molecule has 1 aromatic heterocycles. The molecular weight excluding hydrogens is 308 g/mol. The molecule has 0 fully saturated rings. The summed E-state index contributed by atoms with van der Waals surface area (Å²) in [6.07, 6.45) is 3.17. The summed E-state index contributed by atoms with van der Waals surface area (Å²) in [7, 11) is 1.77. The van der Waals surface area contributed by atoms with E-state index in [4.69, 9.17) is 5.73 Å². The van der Waals surface area contributed by atoms with Crippen molar-refractivity contribution in [1.82, 2.24) is 14.7 Å². The van der Waals surface area contributed by atoms with Crippen LogP contribution in [0, 0.1) is 0 Å². The van der Waals surface area contributed by atoms with Crippen LogP contribution >= 0.6 is 15.9 Å². The summed E-state index contributed by atoms with van der Waals surface area (Å²) in [5.74, 6) is -0.0150. The fourth-order valence-electron chi connectivity index (χ4n) is 1.70. The molecule has 2 aromatic rings. The molecule has 0 spiro atoms. The van der Waals surface area contributed by atoms with E-state index in [2.05, 4.69) is 21.0 Å². The fourth-order valence-corrected chi connectivity index (χ4v) is 2.11. The van der Waals surface area contributed by atoms with E-state index in [0.717, 1.165) is 10.0 Å². The number of likely N-dealkylation sites (N-methyl/N-ethyl adjacent to an activating group) is 1. The summed E-state index contributed by atoms with van der Waals surface area (Å²) >= 11 is 3.47. The second-order valence-electron chi connectivity index (χ2n) is 4.31. The number of hydrogen-bond donors (Lipinski definition) is 1. The van der Waals surface area contributed by atoms with Crippen LogP contribution in [-0.4, -0.2) is 27.6 Å². The normalized spacial score (nSPS) is 10.4. The van der Waals surface area contributed by atoms with E-state index in [-0.39, 0.29) is 12.5 Å². The van der Waals surface area contributed by atoms with Crippen molar-refractivity contribution in [3.8, 4) is 0 Å². The largest absolute Gasteiger partial charge is 0.396 e. The van der Waals surface area contributed by atoms with E-state index < -0.39 is 0 Å². The zero-order valence-corrected chi connectivity index (χ0v) is 12.2. The molecule has 2 rings (SSSR count). The number of amides is 1. The lowest BCUT2D eigenvalue weighted by Crippen LogP contribution is -2.30. The van der Waals surface area contributed by atoms with Crippen LogP contribution < -0.4 is 5.73 Å². The summed E-state index contributed by atoms with van der Waals surface area (Å²) in [6, 6.07) is 7.84. The lowest BCUT2D eigenvalue weighted by molar-refractivity contribution is -0.131. The van der Waals surface area contributed by atoms with Crippen LogP contribution in [0.2, 0.25) is 0 Å². The zero-order chi connectivity index (χ0) is 13.8. The molecule has 5 nitrogen and oxygen atoms in total. The quantitative estimate of drug-likeness (QED) is 0.934. The number of halogens is 1. The first-order valence-electron chi connectivity index (χ1n) is 5.81. The molecular formula is C13H15BrN4O. The molecule has 0 aliphatic rings. The second kappa shape index (κ2) is 5.88. The van der Waals surface area contributed by atoms with Gasteiger partial charge in [0.25, 0.3) is 0 Å². The van der Waals surface area contributed by atoms with Crippen LogP contribution in [0.4, 0.5) is 5.69 Å². The Labute approximate surface area is 120 Å². The van der Waals surface area contributed by atoms with Gasteiger partial charge in [-0.3, -0.25) is 9.48 Å². The van der Waals surface area contributed by atoms with Gasteiger partial charge in [-0.15, -0.1) is 0 Å². The van der Waals surface area contributed by atoms with Gasteiger partial charge in [0, 0.05) is 24.3 Å². The van der Waals surface area contributed by atoms with Crippen molar-refractivity contribution in [2.24, 2.45) is 0 Å². The molecule has 0 aliphatic heterocycles. The van der Waals surface area contributed by atoms with Crippen molar-refractivity contribution in [2.75, 3.05) is 12.8 Å². The van der Waals surface area contributed by atoms with Crippen molar-refractivity contribution in [3.05, 3.63) is 46.7 Å². The average molecular weight is 323 g/mol. The van der Waals surface area contributed by atoms with Crippen LogP contribution in [0.15, 0.2) is 41.1 Å². The number of nitrogen functional groups attached to an aromatic ring is 1. The van der Waals surface area contributed by atoms with Gasteiger partial charge < -0.3 is 10.6 Å². The number of nitrogens with zero attached hydrogens (tertiary/aromatic N) is 3. The van der Waals surface area contributed by atoms with E-state index >= 15 is 0 Å². The van der Waals surface area contributed by atoms with Crippen LogP contribution in [0.1, 0.15) is 5.56 Å². The Morgan fingerprint density at radius 3 is 2.84 bits per heavy atom. The molecule has 100 valence electrons. The number of nitrogens with two attached hydrogens (primary N) is 1. The van der Waals surface area contributed by atoms with Gasteiger partial charge in [-0.1, -0.05) is 34.1 Å². The fraction of sp³-hybridized carbons (Fsp3) is 0.231. The predicted molar refractivity (Wildman–Crippen MR) is 77.3 cm³/mol. The molecule has 0 unspecified atom stereocenters. The number of rotatable bonds is 4. The highest BCUT2D eigenvalue weighted by Gasteiger charge is 2.11. The second-order valence-corrected chi connectivity index (χ2v) is 5.17. The first-order valence-corrected chi connectivity index (χ1v) is 6.61. The SMILES string of the molecule is CN(Cc1ccccc1Br)C(=O)Cn1cc(N)cn1. The Morgan fingerprint density at radius 2 is 2.21 bits per heavy atom. The number of anilines is 1. The van der Waals surface area contributed by atoms with E-state index in [9.17, 15) is 4.79 Å². The minimum Gasteiger partial charge on any atom is -0.396 e. The van der Waals surface area contributed by atoms with Crippen molar-refractivity contribution in [1.29, 1.82) is 0 Å². The van der Waals surface area contributed by atoms with Gasteiger partial charge in [-0.05, 0) is 11.6 Å². The van der Waals surface area contributed by atoms with E-state index in [1.165, 1.54) is 10.9 Å². The summed E-state index contributed by atoms with van der Waals surface area (Å²) in [4.78, 5) is 13.7. The topological polar surface area (TPSA) is 64.2 Å². The highest BCUT2D eigenvalue weighted by molar-refractivity contribution is 9.10. The van der Waals surface area contributed by atoms with Gasteiger partial charge >= 0.3 is 0 Å². The Balaban J connectivity index is 1.98. The Morgan fingerprint density at radius 1 is 1.47 bits per heavy atom. The maximum Gasteiger partial charge on any atom is 0.244 e. The maximum absolute atomic E-state index is 12.0.